The topological polar surface area (TPSA) is 86.6 Å². The Kier molecular flexibility index (Phi) is 4.08. The summed E-state index contributed by atoms with van der Waals surface area (Å²) in [7, 11) is 0. The molecule has 7 nitrogen and oxygen atoms in total. The summed E-state index contributed by atoms with van der Waals surface area (Å²) < 4.78 is 5.25. The van der Waals surface area contributed by atoms with Crippen molar-refractivity contribution in [3.8, 4) is 0 Å². The molecule has 0 saturated carbocycles. The van der Waals surface area contributed by atoms with Crippen molar-refractivity contribution < 1.29 is 4.74 Å². The molecule has 88 valence electrons. The molecule has 0 bridgehead atoms. The molecule has 2 atom stereocenters. The van der Waals surface area contributed by atoms with Crippen molar-refractivity contribution in [1.82, 2.24) is 29.9 Å². The Morgan fingerprint density at radius 1 is 0.765 bits per heavy atom. The summed E-state index contributed by atoms with van der Waals surface area (Å²) in [6, 6.07) is 0. The molecular formula is C8H6Cl2N6O. The number of aromatic nitrogens is 6. The third kappa shape index (κ3) is 3.26. The minimum atomic E-state index is -0.905. The predicted octanol–water partition coefficient (Wildman–Crippen LogP) is 1.25. The minimum absolute atomic E-state index is 0.265. The highest BCUT2D eigenvalue weighted by atomic mass is 35.5. The molecule has 9 heteroatoms. The van der Waals surface area contributed by atoms with Gasteiger partial charge in [0, 0.05) is 0 Å². The molecule has 2 heterocycles. The van der Waals surface area contributed by atoms with Gasteiger partial charge in [-0.1, -0.05) is 23.2 Å². The highest BCUT2D eigenvalue weighted by molar-refractivity contribution is 6.21. The van der Waals surface area contributed by atoms with E-state index in [1.54, 1.807) is 0 Å². The van der Waals surface area contributed by atoms with E-state index in [-0.39, 0.29) is 11.6 Å². The van der Waals surface area contributed by atoms with E-state index >= 15 is 0 Å². The molecule has 0 radical (unpaired) electrons. The minimum Gasteiger partial charge on any atom is -0.328 e. The first-order valence-electron chi connectivity index (χ1n) is 4.45. The number of hydrogen-bond acceptors (Lipinski definition) is 7. The monoisotopic (exact) mass is 272 g/mol. The van der Waals surface area contributed by atoms with Gasteiger partial charge in [-0.05, 0) is 0 Å². The molecule has 2 aromatic rings. The molecule has 0 aliphatic rings. The third-order valence-electron chi connectivity index (χ3n) is 1.67. The number of halogens is 2. The lowest BCUT2D eigenvalue weighted by Gasteiger charge is -2.12. The lowest BCUT2D eigenvalue weighted by Crippen LogP contribution is -2.08. The van der Waals surface area contributed by atoms with Crippen LogP contribution in [0, 0.1) is 0 Å². The summed E-state index contributed by atoms with van der Waals surface area (Å²) in [5.74, 6) is 0.530. The molecule has 0 aliphatic carbocycles. The van der Waals surface area contributed by atoms with Gasteiger partial charge in [-0.25, -0.2) is 29.9 Å². The van der Waals surface area contributed by atoms with Gasteiger partial charge in [0.05, 0.1) is 0 Å². The van der Waals surface area contributed by atoms with Crippen molar-refractivity contribution in [3.63, 3.8) is 0 Å². The maximum atomic E-state index is 5.92. The van der Waals surface area contributed by atoms with Gasteiger partial charge in [0.25, 0.3) is 0 Å². The number of nitrogens with zero attached hydrogens (tertiary/aromatic N) is 6. The Hall–Kier alpha value is -1.44. The van der Waals surface area contributed by atoms with E-state index in [9.17, 15) is 0 Å². The van der Waals surface area contributed by atoms with E-state index in [4.69, 9.17) is 27.9 Å². The van der Waals surface area contributed by atoms with Crippen LogP contribution in [-0.4, -0.2) is 29.9 Å². The second kappa shape index (κ2) is 5.76. The molecule has 17 heavy (non-hydrogen) atoms. The summed E-state index contributed by atoms with van der Waals surface area (Å²) in [6.45, 7) is 0. The van der Waals surface area contributed by atoms with Crippen LogP contribution >= 0.6 is 23.2 Å². The van der Waals surface area contributed by atoms with Crippen LogP contribution in [-0.2, 0) is 4.74 Å². The number of rotatable bonds is 4. The van der Waals surface area contributed by atoms with Gasteiger partial charge in [0.1, 0.15) is 25.3 Å². The number of hydrogen-bond donors (Lipinski definition) is 0. The summed E-state index contributed by atoms with van der Waals surface area (Å²) in [4.78, 5) is 22.7. The second-order valence-electron chi connectivity index (χ2n) is 2.76. The molecule has 0 saturated heterocycles. The maximum Gasteiger partial charge on any atom is 0.193 e. The van der Waals surface area contributed by atoms with Crippen LogP contribution in [0.4, 0.5) is 0 Å². The van der Waals surface area contributed by atoms with Crippen molar-refractivity contribution in [2.24, 2.45) is 0 Å². The molecule has 2 unspecified atom stereocenters. The van der Waals surface area contributed by atoms with Gasteiger partial charge in [0.2, 0.25) is 0 Å². The summed E-state index contributed by atoms with van der Waals surface area (Å²) in [6.07, 6.45) is 5.25. The van der Waals surface area contributed by atoms with Crippen LogP contribution < -0.4 is 0 Å². The third-order valence-corrected chi connectivity index (χ3v) is 2.27. The Morgan fingerprint density at radius 2 is 1.12 bits per heavy atom. The van der Waals surface area contributed by atoms with E-state index in [1.165, 1.54) is 25.3 Å². The van der Waals surface area contributed by atoms with Crippen molar-refractivity contribution in [1.29, 1.82) is 0 Å². The zero-order valence-corrected chi connectivity index (χ0v) is 9.82. The fourth-order valence-electron chi connectivity index (χ4n) is 0.957. The van der Waals surface area contributed by atoms with Crippen LogP contribution in [0.1, 0.15) is 22.8 Å². The highest BCUT2D eigenvalue weighted by Gasteiger charge is 2.19. The van der Waals surface area contributed by atoms with Gasteiger partial charge in [-0.15, -0.1) is 0 Å². The van der Waals surface area contributed by atoms with Crippen LogP contribution in [0.5, 0.6) is 0 Å². The average molecular weight is 273 g/mol. The zero-order chi connectivity index (χ0) is 12.1. The second-order valence-corrected chi connectivity index (χ2v) is 3.55. The lowest BCUT2D eigenvalue weighted by molar-refractivity contribution is 0.0715. The van der Waals surface area contributed by atoms with Crippen LogP contribution in [0.2, 0.25) is 0 Å². The molecule has 0 N–H and O–H groups in total. The molecule has 0 spiro atoms. The van der Waals surface area contributed by atoms with E-state index in [2.05, 4.69) is 29.9 Å². The van der Waals surface area contributed by atoms with E-state index in [1.807, 2.05) is 0 Å². The molecular weight excluding hydrogens is 267 g/mol. The van der Waals surface area contributed by atoms with Crippen LogP contribution in [0.3, 0.4) is 0 Å². The van der Waals surface area contributed by atoms with Crippen molar-refractivity contribution in [2.75, 3.05) is 0 Å². The predicted molar refractivity (Wildman–Crippen MR) is 57.9 cm³/mol. The smallest absolute Gasteiger partial charge is 0.193 e. The van der Waals surface area contributed by atoms with Crippen LogP contribution in [0.15, 0.2) is 25.3 Å². The van der Waals surface area contributed by atoms with Gasteiger partial charge in [-0.2, -0.15) is 0 Å². The van der Waals surface area contributed by atoms with Crippen LogP contribution in [0.25, 0.3) is 0 Å². The normalized spacial score (nSPS) is 14.2. The summed E-state index contributed by atoms with van der Waals surface area (Å²) in [5.41, 5.74) is -1.81. The van der Waals surface area contributed by atoms with E-state index in [0.29, 0.717) is 0 Å². The molecule has 0 aromatic carbocycles. The standard InChI is InChI=1S/C8H6Cl2N6O/c9-5(7-13-1-11-2-14-7)17-6(10)8-15-3-12-4-16-8/h1-6H. The molecule has 0 amide bonds. The Balaban J connectivity index is 2.02. The fraction of sp³-hybridized carbons (Fsp3) is 0.250. The fourth-order valence-corrected chi connectivity index (χ4v) is 1.44. The number of ether oxygens (including phenoxy) is 1. The molecule has 2 rings (SSSR count). The van der Waals surface area contributed by atoms with Gasteiger partial charge < -0.3 is 4.74 Å². The first-order chi connectivity index (χ1) is 8.27. The first kappa shape index (κ1) is 12.0. The van der Waals surface area contributed by atoms with Gasteiger partial charge in [-0.3, -0.25) is 0 Å². The van der Waals surface area contributed by atoms with E-state index in [0.717, 1.165) is 0 Å². The average Bonchev–Trinajstić information content (AvgIpc) is 2.40. The number of alkyl halides is 2. The van der Waals surface area contributed by atoms with Gasteiger partial charge in [0.15, 0.2) is 22.8 Å². The summed E-state index contributed by atoms with van der Waals surface area (Å²) in [5, 5.41) is 0. The van der Waals surface area contributed by atoms with Crippen molar-refractivity contribution in [3.05, 3.63) is 37.0 Å². The Bertz CT molecular complexity index is 415. The SMILES string of the molecule is ClC(OC(Cl)c1ncncn1)c1ncncn1. The summed E-state index contributed by atoms with van der Waals surface area (Å²) >= 11 is 11.8. The van der Waals surface area contributed by atoms with Crippen molar-refractivity contribution >= 4 is 23.2 Å². The van der Waals surface area contributed by atoms with Crippen molar-refractivity contribution in [2.45, 2.75) is 11.1 Å². The molecule has 0 fully saturated rings. The Morgan fingerprint density at radius 3 is 1.47 bits per heavy atom. The maximum absolute atomic E-state index is 5.92. The zero-order valence-electron chi connectivity index (χ0n) is 8.31. The largest absolute Gasteiger partial charge is 0.328 e. The molecule has 0 aliphatic heterocycles. The van der Waals surface area contributed by atoms with E-state index < -0.39 is 11.1 Å². The first-order valence-corrected chi connectivity index (χ1v) is 5.32. The molecule has 2 aromatic heterocycles. The quantitative estimate of drug-likeness (QED) is 0.774. The van der Waals surface area contributed by atoms with Gasteiger partial charge >= 0.3 is 0 Å². The lowest BCUT2D eigenvalue weighted by atomic mass is 10.6. The Labute approximate surface area is 106 Å². The highest BCUT2D eigenvalue weighted by Crippen LogP contribution is 2.28.